The van der Waals surface area contributed by atoms with E-state index in [9.17, 15) is 9.59 Å². The molecule has 6 heteroatoms. The van der Waals surface area contributed by atoms with E-state index >= 15 is 0 Å². The topological polar surface area (TPSA) is 84.2 Å². The molecule has 0 saturated heterocycles. The SMILES string of the molecule is O=C(O)Nn1cccnc1=O. The van der Waals surface area contributed by atoms with Crippen molar-refractivity contribution in [1.29, 1.82) is 0 Å². The number of hydrogen-bond donors (Lipinski definition) is 2. The number of carboxylic acid groups (broad SMARTS) is 1. The second kappa shape index (κ2) is 2.82. The lowest BCUT2D eigenvalue weighted by molar-refractivity contribution is 0.206. The first kappa shape index (κ1) is 7.26. The predicted octanol–water partition coefficient (Wildman–Crippen LogP) is -0.535. The van der Waals surface area contributed by atoms with Gasteiger partial charge < -0.3 is 5.11 Å². The fraction of sp³-hybridized carbons (Fsp3) is 0. The average molecular weight is 155 g/mol. The molecule has 1 aromatic heterocycles. The number of aromatic nitrogens is 2. The summed E-state index contributed by atoms with van der Waals surface area (Å²) in [4.78, 5) is 24.0. The normalized spacial score (nSPS) is 9.09. The molecular weight excluding hydrogens is 150 g/mol. The smallest absolute Gasteiger partial charge is 0.424 e. The van der Waals surface area contributed by atoms with E-state index in [2.05, 4.69) is 4.98 Å². The third-order valence-electron chi connectivity index (χ3n) is 0.928. The van der Waals surface area contributed by atoms with Crippen molar-refractivity contribution in [2.75, 3.05) is 5.43 Å². The highest BCUT2D eigenvalue weighted by molar-refractivity contribution is 5.73. The number of carbonyl (C=O) groups is 1. The summed E-state index contributed by atoms with van der Waals surface area (Å²) < 4.78 is 0.766. The summed E-state index contributed by atoms with van der Waals surface area (Å²) in [6.45, 7) is 0. The first-order valence-corrected chi connectivity index (χ1v) is 2.74. The van der Waals surface area contributed by atoms with Crippen molar-refractivity contribution in [1.82, 2.24) is 9.66 Å². The van der Waals surface area contributed by atoms with Gasteiger partial charge in [0.05, 0.1) is 0 Å². The first-order chi connectivity index (χ1) is 5.20. The standard InChI is InChI=1S/C5H5N3O3/c9-4-6-2-1-3-8(4)7-5(10)11/h1-3,7H,(H,10,11). The van der Waals surface area contributed by atoms with Gasteiger partial charge in [-0.3, -0.25) is 0 Å². The van der Waals surface area contributed by atoms with Gasteiger partial charge in [-0.2, -0.15) is 0 Å². The first-order valence-electron chi connectivity index (χ1n) is 2.74. The van der Waals surface area contributed by atoms with Gasteiger partial charge in [0, 0.05) is 12.4 Å². The summed E-state index contributed by atoms with van der Waals surface area (Å²) in [5.41, 5.74) is 1.17. The molecule has 0 aliphatic rings. The lowest BCUT2D eigenvalue weighted by atomic mass is 10.7. The van der Waals surface area contributed by atoms with E-state index < -0.39 is 11.8 Å². The molecule has 0 aliphatic carbocycles. The molecule has 0 radical (unpaired) electrons. The van der Waals surface area contributed by atoms with Crippen LogP contribution in [0.4, 0.5) is 4.79 Å². The van der Waals surface area contributed by atoms with E-state index in [1.807, 2.05) is 5.43 Å². The zero-order chi connectivity index (χ0) is 8.27. The second-order valence-electron chi connectivity index (χ2n) is 1.69. The van der Waals surface area contributed by atoms with Crippen LogP contribution in [0, 0.1) is 0 Å². The molecule has 0 saturated carbocycles. The van der Waals surface area contributed by atoms with E-state index in [4.69, 9.17) is 5.11 Å². The molecule has 0 bridgehead atoms. The number of hydrogen-bond acceptors (Lipinski definition) is 3. The molecule has 1 heterocycles. The van der Waals surface area contributed by atoms with Crippen LogP contribution in [0.25, 0.3) is 0 Å². The Bertz CT molecular complexity index is 319. The molecule has 2 N–H and O–H groups in total. The van der Waals surface area contributed by atoms with Gasteiger partial charge in [0.15, 0.2) is 0 Å². The number of nitrogens with zero attached hydrogens (tertiary/aromatic N) is 2. The quantitative estimate of drug-likeness (QED) is 0.570. The minimum absolute atomic E-state index is 0.658. The van der Waals surface area contributed by atoms with Crippen molar-refractivity contribution in [3.05, 3.63) is 28.9 Å². The molecule has 6 nitrogen and oxygen atoms in total. The number of rotatable bonds is 1. The van der Waals surface area contributed by atoms with E-state index in [1.165, 1.54) is 18.5 Å². The molecule has 0 atom stereocenters. The molecular formula is C5H5N3O3. The number of nitrogens with one attached hydrogen (secondary N) is 1. The fourth-order valence-electron chi connectivity index (χ4n) is 0.545. The van der Waals surface area contributed by atoms with Crippen LogP contribution in [0.5, 0.6) is 0 Å². The van der Waals surface area contributed by atoms with Crippen LogP contribution >= 0.6 is 0 Å². The highest BCUT2D eigenvalue weighted by Gasteiger charge is 1.96. The van der Waals surface area contributed by atoms with Crippen LogP contribution in [0.1, 0.15) is 0 Å². The van der Waals surface area contributed by atoms with Gasteiger partial charge in [0.1, 0.15) is 0 Å². The highest BCUT2D eigenvalue weighted by Crippen LogP contribution is 1.72. The molecule has 1 amide bonds. The Balaban J connectivity index is 2.95. The van der Waals surface area contributed by atoms with Crippen LogP contribution in [0.3, 0.4) is 0 Å². The van der Waals surface area contributed by atoms with Crippen LogP contribution in [0.15, 0.2) is 23.3 Å². The molecule has 58 valence electrons. The van der Waals surface area contributed by atoms with Gasteiger partial charge in [-0.05, 0) is 6.07 Å². The van der Waals surface area contributed by atoms with Crippen molar-refractivity contribution >= 4 is 6.09 Å². The zero-order valence-corrected chi connectivity index (χ0v) is 5.39. The molecule has 11 heavy (non-hydrogen) atoms. The van der Waals surface area contributed by atoms with Crippen molar-refractivity contribution in [3.8, 4) is 0 Å². The summed E-state index contributed by atoms with van der Waals surface area (Å²) in [5.74, 6) is 0. The summed E-state index contributed by atoms with van der Waals surface area (Å²) in [5, 5.41) is 8.19. The maximum Gasteiger partial charge on any atom is 0.424 e. The van der Waals surface area contributed by atoms with Gasteiger partial charge in [0.25, 0.3) is 0 Å². The Hall–Kier alpha value is -1.85. The third kappa shape index (κ3) is 1.78. The van der Waals surface area contributed by atoms with Gasteiger partial charge in [-0.1, -0.05) is 0 Å². The van der Waals surface area contributed by atoms with E-state index in [0.717, 1.165) is 4.68 Å². The van der Waals surface area contributed by atoms with E-state index in [-0.39, 0.29) is 0 Å². The van der Waals surface area contributed by atoms with Crippen molar-refractivity contribution in [2.45, 2.75) is 0 Å². The van der Waals surface area contributed by atoms with Gasteiger partial charge in [-0.25, -0.2) is 24.7 Å². The van der Waals surface area contributed by atoms with Crippen LogP contribution < -0.4 is 11.1 Å². The molecule has 0 fully saturated rings. The molecule has 1 rings (SSSR count). The van der Waals surface area contributed by atoms with Crippen LogP contribution in [-0.2, 0) is 0 Å². The summed E-state index contributed by atoms with van der Waals surface area (Å²) in [7, 11) is 0. The summed E-state index contributed by atoms with van der Waals surface area (Å²) in [6.07, 6.45) is 1.24. The van der Waals surface area contributed by atoms with Crippen LogP contribution in [0.2, 0.25) is 0 Å². The zero-order valence-electron chi connectivity index (χ0n) is 5.39. The number of amides is 1. The van der Waals surface area contributed by atoms with E-state index in [0.29, 0.717) is 0 Å². The minimum atomic E-state index is -1.31. The van der Waals surface area contributed by atoms with Gasteiger partial charge >= 0.3 is 11.8 Å². The molecule has 0 unspecified atom stereocenters. The fourth-order valence-corrected chi connectivity index (χ4v) is 0.545. The lowest BCUT2D eigenvalue weighted by Crippen LogP contribution is -2.32. The van der Waals surface area contributed by atoms with Crippen molar-refractivity contribution < 1.29 is 9.90 Å². The summed E-state index contributed by atoms with van der Waals surface area (Å²) >= 11 is 0. The van der Waals surface area contributed by atoms with Crippen molar-refractivity contribution in [2.24, 2.45) is 0 Å². The Morgan fingerprint density at radius 2 is 2.45 bits per heavy atom. The molecule has 0 aliphatic heterocycles. The Morgan fingerprint density at radius 1 is 1.73 bits per heavy atom. The second-order valence-corrected chi connectivity index (χ2v) is 1.69. The third-order valence-corrected chi connectivity index (χ3v) is 0.928. The maximum atomic E-state index is 10.7. The predicted molar refractivity (Wildman–Crippen MR) is 35.9 cm³/mol. The Morgan fingerprint density at radius 3 is 3.00 bits per heavy atom. The highest BCUT2D eigenvalue weighted by atomic mass is 16.4. The largest absolute Gasteiger partial charge is 0.464 e. The Labute approximate surface area is 61.1 Å². The molecule has 0 aromatic carbocycles. The lowest BCUT2D eigenvalue weighted by Gasteiger charge is -2.00. The Kier molecular flexibility index (Phi) is 1.86. The van der Waals surface area contributed by atoms with Gasteiger partial charge in [0.2, 0.25) is 0 Å². The van der Waals surface area contributed by atoms with Crippen molar-refractivity contribution in [3.63, 3.8) is 0 Å². The monoisotopic (exact) mass is 155 g/mol. The molecule has 1 aromatic rings. The average Bonchev–Trinajstić information content (AvgIpc) is 1.93. The summed E-state index contributed by atoms with van der Waals surface area (Å²) in [6, 6.07) is 1.44. The maximum absolute atomic E-state index is 10.7. The minimum Gasteiger partial charge on any atom is -0.464 e. The van der Waals surface area contributed by atoms with Gasteiger partial charge in [-0.15, -0.1) is 0 Å². The van der Waals surface area contributed by atoms with Crippen LogP contribution in [-0.4, -0.2) is 20.9 Å². The molecule has 0 spiro atoms. The van der Waals surface area contributed by atoms with E-state index in [1.54, 1.807) is 0 Å².